The maximum atomic E-state index is 6.18. The van der Waals surface area contributed by atoms with Gasteiger partial charge in [-0.15, -0.1) is 0 Å². The number of halogens is 2. The van der Waals surface area contributed by atoms with E-state index in [1.54, 1.807) is 6.07 Å². The van der Waals surface area contributed by atoms with Gasteiger partial charge >= 0.3 is 0 Å². The average Bonchev–Trinajstić information content (AvgIpc) is 2.34. The van der Waals surface area contributed by atoms with Crippen LogP contribution in [-0.2, 0) is 6.54 Å². The number of ether oxygens (including phenoxy) is 1. The number of hydrogen-bond donors (Lipinski definition) is 1. The van der Waals surface area contributed by atoms with Gasteiger partial charge in [-0.1, -0.05) is 37.0 Å². The van der Waals surface area contributed by atoms with Gasteiger partial charge in [0.2, 0.25) is 0 Å². The summed E-state index contributed by atoms with van der Waals surface area (Å²) in [5, 5.41) is 4.65. The van der Waals surface area contributed by atoms with Crippen LogP contribution in [0.2, 0.25) is 10.0 Å². The highest BCUT2D eigenvalue weighted by Crippen LogP contribution is 2.32. The van der Waals surface area contributed by atoms with E-state index < -0.39 is 0 Å². The molecule has 0 saturated carbocycles. The van der Waals surface area contributed by atoms with E-state index in [1.165, 1.54) is 0 Å². The van der Waals surface area contributed by atoms with Gasteiger partial charge in [-0.25, -0.2) is 0 Å². The third kappa shape index (κ3) is 4.68. The molecule has 1 aromatic carbocycles. The molecule has 1 atom stereocenters. The van der Waals surface area contributed by atoms with Gasteiger partial charge in [-0.3, -0.25) is 0 Å². The van der Waals surface area contributed by atoms with Crippen LogP contribution >= 0.6 is 23.2 Å². The monoisotopic (exact) mass is 289 g/mol. The van der Waals surface area contributed by atoms with Crippen LogP contribution in [0, 0.1) is 0 Å². The van der Waals surface area contributed by atoms with Crippen molar-refractivity contribution in [3.8, 4) is 5.75 Å². The lowest BCUT2D eigenvalue weighted by atomic mass is 10.1. The molecule has 0 aliphatic carbocycles. The zero-order valence-corrected chi connectivity index (χ0v) is 12.7. The third-order valence-electron chi connectivity index (χ3n) is 2.79. The minimum absolute atomic E-state index is 0.460. The largest absolute Gasteiger partial charge is 0.492 e. The van der Waals surface area contributed by atoms with Gasteiger partial charge in [0.15, 0.2) is 0 Å². The van der Waals surface area contributed by atoms with E-state index in [1.807, 2.05) is 6.07 Å². The van der Waals surface area contributed by atoms with E-state index in [0.29, 0.717) is 29.2 Å². The normalized spacial score (nSPS) is 12.5. The minimum atomic E-state index is 0.460. The summed E-state index contributed by atoms with van der Waals surface area (Å²) in [6, 6.07) is 4.09. The highest BCUT2D eigenvalue weighted by molar-refractivity contribution is 6.35. The van der Waals surface area contributed by atoms with E-state index >= 15 is 0 Å². The molecule has 0 saturated heterocycles. The Hall–Kier alpha value is -0.440. The van der Waals surface area contributed by atoms with Gasteiger partial charge in [-0.2, -0.15) is 0 Å². The topological polar surface area (TPSA) is 21.3 Å². The maximum absolute atomic E-state index is 6.18. The van der Waals surface area contributed by atoms with Crippen molar-refractivity contribution in [1.29, 1.82) is 0 Å². The molecule has 0 unspecified atom stereocenters. The van der Waals surface area contributed by atoms with Crippen LogP contribution in [0.1, 0.15) is 39.2 Å². The Labute approximate surface area is 120 Å². The quantitative estimate of drug-likeness (QED) is 0.788. The van der Waals surface area contributed by atoms with E-state index in [0.717, 1.165) is 24.2 Å². The molecule has 0 aliphatic heterocycles. The lowest BCUT2D eigenvalue weighted by molar-refractivity contribution is 0.313. The van der Waals surface area contributed by atoms with Crippen LogP contribution in [-0.4, -0.2) is 12.6 Å². The summed E-state index contributed by atoms with van der Waals surface area (Å²) in [5.74, 6) is 0.749. The van der Waals surface area contributed by atoms with Crippen LogP contribution in [0.4, 0.5) is 0 Å². The molecule has 1 rings (SSSR count). The smallest absolute Gasteiger partial charge is 0.142 e. The first-order valence-electron chi connectivity index (χ1n) is 6.42. The highest BCUT2D eigenvalue weighted by Gasteiger charge is 2.11. The maximum Gasteiger partial charge on any atom is 0.142 e. The zero-order valence-electron chi connectivity index (χ0n) is 11.2. The van der Waals surface area contributed by atoms with E-state index in [4.69, 9.17) is 27.9 Å². The molecule has 1 N–H and O–H groups in total. The molecular weight excluding hydrogens is 269 g/mol. The van der Waals surface area contributed by atoms with Crippen LogP contribution in [0.5, 0.6) is 5.75 Å². The van der Waals surface area contributed by atoms with E-state index in [9.17, 15) is 0 Å². The summed E-state index contributed by atoms with van der Waals surface area (Å²) in [4.78, 5) is 0. The Morgan fingerprint density at radius 2 is 2.00 bits per heavy atom. The predicted octanol–water partition coefficient (Wildman–Crippen LogP) is 4.67. The van der Waals surface area contributed by atoms with Crippen molar-refractivity contribution in [3.63, 3.8) is 0 Å². The molecular formula is C14H21Cl2NO. The fraction of sp³-hybridized carbons (Fsp3) is 0.571. The van der Waals surface area contributed by atoms with Crippen LogP contribution in [0.15, 0.2) is 12.1 Å². The van der Waals surface area contributed by atoms with Crippen molar-refractivity contribution in [2.45, 2.75) is 46.2 Å². The Morgan fingerprint density at radius 3 is 2.61 bits per heavy atom. The summed E-state index contributed by atoms with van der Waals surface area (Å²) < 4.78 is 5.71. The molecule has 0 heterocycles. The van der Waals surface area contributed by atoms with Crippen molar-refractivity contribution in [3.05, 3.63) is 27.7 Å². The van der Waals surface area contributed by atoms with Crippen LogP contribution in [0.25, 0.3) is 0 Å². The fourth-order valence-electron chi connectivity index (χ4n) is 1.54. The Kier molecular flexibility index (Phi) is 6.83. The second-order valence-corrected chi connectivity index (χ2v) is 5.26. The van der Waals surface area contributed by atoms with Crippen molar-refractivity contribution < 1.29 is 4.74 Å². The lowest BCUT2D eigenvalue weighted by Gasteiger charge is -2.16. The molecule has 0 spiro atoms. The van der Waals surface area contributed by atoms with Crippen molar-refractivity contribution >= 4 is 23.2 Å². The molecule has 0 fully saturated rings. The summed E-state index contributed by atoms with van der Waals surface area (Å²) in [6.07, 6.45) is 2.04. The second-order valence-electron chi connectivity index (χ2n) is 4.41. The number of benzene rings is 1. The van der Waals surface area contributed by atoms with Crippen LogP contribution < -0.4 is 10.1 Å². The van der Waals surface area contributed by atoms with Gasteiger partial charge in [0, 0.05) is 23.2 Å². The lowest BCUT2D eigenvalue weighted by Crippen LogP contribution is -2.24. The Morgan fingerprint density at radius 1 is 1.28 bits per heavy atom. The molecule has 2 nitrogen and oxygen atoms in total. The van der Waals surface area contributed by atoms with Gasteiger partial charge < -0.3 is 10.1 Å². The number of rotatable bonds is 7. The number of hydrogen-bond acceptors (Lipinski definition) is 2. The molecule has 1 aromatic rings. The predicted molar refractivity (Wildman–Crippen MR) is 78.8 cm³/mol. The molecule has 0 bridgehead atoms. The number of nitrogens with one attached hydrogen (secondary N) is 1. The fourth-order valence-corrected chi connectivity index (χ4v) is 2.13. The highest BCUT2D eigenvalue weighted by atomic mass is 35.5. The van der Waals surface area contributed by atoms with E-state index in [2.05, 4.69) is 26.1 Å². The van der Waals surface area contributed by atoms with Gasteiger partial charge in [0.05, 0.1) is 11.6 Å². The van der Waals surface area contributed by atoms with E-state index in [-0.39, 0.29) is 0 Å². The van der Waals surface area contributed by atoms with Gasteiger partial charge in [-0.05, 0) is 31.9 Å². The Bertz CT molecular complexity index is 382. The standard InChI is InChI=1S/C14H21Cl2NO/c1-4-6-18-14-11(9-17-10(3)5-2)7-12(15)8-13(14)16/h7-8,10,17H,4-6,9H2,1-3H3/t10-/m0/s1. The summed E-state index contributed by atoms with van der Waals surface area (Å²) >= 11 is 12.2. The molecule has 102 valence electrons. The van der Waals surface area contributed by atoms with Crippen molar-refractivity contribution in [2.24, 2.45) is 0 Å². The van der Waals surface area contributed by atoms with Crippen molar-refractivity contribution in [2.75, 3.05) is 6.61 Å². The van der Waals surface area contributed by atoms with Gasteiger partial charge in [0.25, 0.3) is 0 Å². The first-order valence-corrected chi connectivity index (χ1v) is 7.18. The first-order chi connectivity index (χ1) is 8.58. The summed E-state index contributed by atoms with van der Waals surface area (Å²) in [7, 11) is 0. The minimum Gasteiger partial charge on any atom is -0.492 e. The first kappa shape index (κ1) is 15.6. The van der Waals surface area contributed by atoms with Gasteiger partial charge in [0.1, 0.15) is 5.75 Å². The Balaban J connectivity index is 2.85. The molecule has 0 aromatic heterocycles. The summed E-state index contributed by atoms with van der Waals surface area (Å²) in [6.45, 7) is 7.75. The zero-order chi connectivity index (χ0) is 13.5. The molecule has 0 radical (unpaired) electrons. The molecule has 4 heteroatoms. The molecule has 0 amide bonds. The van der Waals surface area contributed by atoms with Crippen LogP contribution in [0.3, 0.4) is 0 Å². The molecule has 0 aliphatic rings. The SMILES string of the molecule is CCCOc1c(Cl)cc(Cl)cc1CN[C@@H](C)CC. The average molecular weight is 290 g/mol. The molecule has 18 heavy (non-hydrogen) atoms. The third-order valence-corrected chi connectivity index (χ3v) is 3.29. The summed E-state index contributed by atoms with van der Waals surface area (Å²) in [5.41, 5.74) is 1.02. The second kappa shape index (κ2) is 7.88. The van der Waals surface area contributed by atoms with Crippen molar-refractivity contribution in [1.82, 2.24) is 5.32 Å².